The molecule has 0 saturated heterocycles. The predicted molar refractivity (Wildman–Crippen MR) is 97.3 cm³/mol. The Balaban J connectivity index is 0.00000144. The van der Waals surface area contributed by atoms with Crippen LogP contribution in [0.4, 0.5) is 0 Å². The molecule has 0 aromatic carbocycles. The van der Waals surface area contributed by atoms with E-state index in [4.69, 9.17) is 0 Å². The largest absolute Gasteiger partial charge is 0.147 e. The molecular weight excluding hydrogens is 288 g/mol. The SMILES string of the molecule is CC[C@H]1CC[C@H]2[C@@H]3CCC4=CCCC[C@]4(C)[C@H]3CC[C@]12C.Cl. The van der Waals surface area contributed by atoms with Gasteiger partial charge in [0.1, 0.15) is 0 Å². The van der Waals surface area contributed by atoms with Gasteiger partial charge in [-0.25, -0.2) is 0 Å². The topological polar surface area (TPSA) is 0 Å². The molecular formula is C21H35Cl. The molecule has 0 unspecified atom stereocenters. The molecule has 3 saturated carbocycles. The summed E-state index contributed by atoms with van der Waals surface area (Å²) in [7, 11) is 0. The van der Waals surface area contributed by atoms with Crippen molar-refractivity contribution in [2.24, 2.45) is 34.5 Å². The molecule has 0 nitrogen and oxygen atoms in total. The molecule has 126 valence electrons. The monoisotopic (exact) mass is 322 g/mol. The summed E-state index contributed by atoms with van der Waals surface area (Å²) in [5.41, 5.74) is 3.15. The van der Waals surface area contributed by atoms with Gasteiger partial charge in [0.2, 0.25) is 0 Å². The maximum absolute atomic E-state index is 2.67. The lowest BCUT2D eigenvalue weighted by molar-refractivity contribution is -0.0515. The first-order valence-electron chi connectivity index (χ1n) is 9.79. The lowest BCUT2D eigenvalue weighted by atomic mass is 9.47. The molecule has 0 amide bonds. The minimum atomic E-state index is 0. The Hall–Kier alpha value is 0.0300. The molecule has 0 aliphatic heterocycles. The average Bonchev–Trinajstić information content (AvgIpc) is 2.83. The quantitative estimate of drug-likeness (QED) is 0.466. The van der Waals surface area contributed by atoms with E-state index in [2.05, 4.69) is 26.8 Å². The van der Waals surface area contributed by atoms with Crippen molar-refractivity contribution >= 4 is 12.4 Å². The van der Waals surface area contributed by atoms with E-state index in [-0.39, 0.29) is 12.4 Å². The number of fused-ring (bicyclic) bond motifs is 5. The van der Waals surface area contributed by atoms with Crippen molar-refractivity contribution in [3.63, 3.8) is 0 Å². The van der Waals surface area contributed by atoms with Gasteiger partial charge in [0.15, 0.2) is 0 Å². The van der Waals surface area contributed by atoms with Crippen LogP contribution in [0.15, 0.2) is 11.6 Å². The molecule has 0 aromatic rings. The minimum Gasteiger partial charge on any atom is -0.147 e. The highest BCUT2D eigenvalue weighted by atomic mass is 35.5. The van der Waals surface area contributed by atoms with Gasteiger partial charge in [-0.2, -0.15) is 0 Å². The standard InChI is InChI=1S/C21H34.ClH/c1-4-15-9-11-18-17-10-8-16-7-5-6-13-20(16,2)19(17)12-14-21(15,18)3;/h7,15,17-19H,4-6,8-14H2,1-3H3;1H/t15-,17-,18-,19-,20-,21+;/m0./s1. The van der Waals surface area contributed by atoms with E-state index < -0.39 is 0 Å². The summed E-state index contributed by atoms with van der Waals surface area (Å²) >= 11 is 0. The molecule has 0 bridgehead atoms. The van der Waals surface area contributed by atoms with Gasteiger partial charge in [-0.3, -0.25) is 0 Å². The number of allylic oxidation sites excluding steroid dienone is 2. The van der Waals surface area contributed by atoms with Crippen LogP contribution in [0.2, 0.25) is 0 Å². The van der Waals surface area contributed by atoms with E-state index >= 15 is 0 Å². The molecule has 4 aliphatic carbocycles. The van der Waals surface area contributed by atoms with Crippen LogP contribution >= 0.6 is 12.4 Å². The lowest BCUT2D eigenvalue weighted by Crippen LogP contribution is -2.50. The Bertz CT molecular complexity index is 453. The molecule has 0 N–H and O–H groups in total. The van der Waals surface area contributed by atoms with Crippen molar-refractivity contribution in [1.29, 1.82) is 0 Å². The van der Waals surface area contributed by atoms with Gasteiger partial charge in [0, 0.05) is 0 Å². The van der Waals surface area contributed by atoms with Crippen LogP contribution in [-0.4, -0.2) is 0 Å². The van der Waals surface area contributed by atoms with E-state index in [1.165, 1.54) is 57.8 Å². The fourth-order valence-electron chi connectivity index (χ4n) is 7.53. The van der Waals surface area contributed by atoms with Crippen LogP contribution < -0.4 is 0 Å². The highest BCUT2D eigenvalue weighted by molar-refractivity contribution is 5.85. The number of hydrogen-bond acceptors (Lipinski definition) is 0. The maximum atomic E-state index is 2.67. The van der Waals surface area contributed by atoms with E-state index in [0.717, 1.165) is 23.7 Å². The van der Waals surface area contributed by atoms with E-state index in [0.29, 0.717) is 10.8 Å². The fraction of sp³-hybridized carbons (Fsp3) is 0.905. The lowest BCUT2D eigenvalue weighted by Gasteiger charge is -2.58. The van der Waals surface area contributed by atoms with Gasteiger partial charge >= 0.3 is 0 Å². The third kappa shape index (κ3) is 2.15. The van der Waals surface area contributed by atoms with Crippen LogP contribution in [0.3, 0.4) is 0 Å². The third-order valence-corrected chi connectivity index (χ3v) is 8.72. The summed E-state index contributed by atoms with van der Waals surface area (Å²) in [4.78, 5) is 0. The maximum Gasteiger partial charge on any atom is -0.00853 e. The number of hydrogen-bond donors (Lipinski definition) is 0. The first-order chi connectivity index (χ1) is 10.1. The summed E-state index contributed by atoms with van der Waals surface area (Å²) in [5, 5.41) is 0. The molecule has 4 aliphatic rings. The highest BCUT2D eigenvalue weighted by Crippen LogP contribution is 2.67. The van der Waals surface area contributed by atoms with Gasteiger partial charge in [-0.1, -0.05) is 38.8 Å². The van der Waals surface area contributed by atoms with Gasteiger partial charge in [0.05, 0.1) is 0 Å². The second-order valence-corrected chi connectivity index (χ2v) is 9.18. The van der Waals surface area contributed by atoms with Crippen molar-refractivity contribution in [1.82, 2.24) is 0 Å². The molecule has 3 fully saturated rings. The van der Waals surface area contributed by atoms with Crippen LogP contribution in [0.5, 0.6) is 0 Å². The van der Waals surface area contributed by atoms with Crippen molar-refractivity contribution in [3.05, 3.63) is 11.6 Å². The fourth-order valence-corrected chi connectivity index (χ4v) is 7.53. The second-order valence-electron chi connectivity index (χ2n) is 9.18. The van der Waals surface area contributed by atoms with E-state index in [1.807, 2.05) is 5.57 Å². The van der Waals surface area contributed by atoms with Crippen molar-refractivity contribution < 1.29 is 0 Å². The third-order valence-electron chi connectivity index (χ3n) is 8.72. The highest BCUT2D eigenvalue weighted by Gasteiger charge is 2.57. The van der Waals surface area contributed by atoms with Crippen LogP contribution in [0.1, 0.15) is 85.0 Å². The van der Waals surface area contributed by atoms with E-state index in [1.54, 1.807) is 6.42 Å². The zero-order valence-corrected chi connectivity index (χ0v) is 15.7. The normalized spacial score (nSPS) is 50.2. The Morgan fingerprint density at radius 2 is 1.86 bits per heavy atom. The Labute approximate surface area is 143 Å². The molecule has 0 heterocycles. The minimum absolute atomic E-state index is 0. The average molecular weight is 323 g/mol. The molecule has 4 rings (SSSR count). The van der Waals surface area contributed by atoms with Crippen LogP contribution in [-0.2, 0) is 0 Å². The molecule has 6 atom stereocenters. The Morgan fingerprint density at radius 1 is 1.05 bits per heavy atom. The molecule has 22 heavy (non-hydrogen) atoms. The summed E-state index contributed by atoms with van der Waals surface area (Å²) in [6.45, 7) is 7.75. The molecule has 0 aromatic heterocycles. The summed E-state index contributed by atoms with van der Waals surface area (Å²) in [6.07, 6.45) is 17.4. The molecule has 0 radical (unpaired) electrons. The van der Waals surface area contributed by atoms with Crippen LogP contribution in [0, 0.1) is 34.5 Å². The van der Waals surface area contributed by atoms with Crippen molar-refractivity contribution in [2.75, 3.05) is 0 Å². The van der Waals surface area contributed by atoms with Gasteiger partial charge in [0.25, 0.3) is 0 Å². The number of halogens is 1. The summed E-state index contributed by atoms with van der Waals surface area (Å²) in [5.74, 6) is 4.16. The van der Waals surface area contributed by atoms with Crippen molar-refractivity contribution in [3.8, 4) is 0 Å². The van der Waals surface area contributed by atoms with Gasteiger partial charge in [-0.05, 0) is 92.3 Å². The second kappa shape index (κ2) is 5.83. The predicted octanol–water partition coefficient (Wildman–Crippen LogP) is 6.79. The smallest absolute Gasteiger partial charge is 0.00853 e. The number of rotatable bonds is 1. The summed E-state index contributed by atoms with van der Waals surface area (Å²) in [6, 6.07) is 0. The first kappa shape index (κ1) is 16.9. The first-order valence-corrected chi connectivity index (χ1v) is 9.79. The van der Waals surface area contributed by atoms with Crippen molar-refractivity contribution in [2.45, 2.75) is 85.0 Å². The molecule has 0 spiro atoms. The van der Waals surface area contributed by atoms with E-state index in [9.17, 15) is 0 Å². The Kier molecular flexibility index (Phi) is 4.47. The van der Waals surface area contributed by atoms with Crippen LogP contribution in [0.25, 0.3) is 0 Å². The van der Waals surface area contributed by atoms with Gasteiger partial charge < -0.3 is 0 Å². The zero-order chi connectivity index (χ0) is 14.7. The zero-order valence-electron chi connectivity index (χ0n) is 14.9. The summed E-state index contributed by atoms with van der Waals surface area (Å²) < 4.78 is 0. The Morgan fingerprint density at radius 3 is 2.64 bits per heavy atom. The van der Waals surface area contributed by atoms with Gasteiger partial charge in [-0.15, -0.1) is 12.4 Å². The molecule has 1 heteroatoms.